The van der Waals surface area contributed by atoms with Crippen LogP contribution in [0.5, 0.6) is 0 Å². The fourth-order valence-corrected chi connectivity index (χ4v) is 3.18. The summed E-state index contributed by atoms with van der Waals surface area (Å²) in [5, 5.41) is 0. The number of nitrogens with two attached hydrogens (primary N) is 1. The standard InChI is InChI=1S/C17H23N3/c1-11-7-8-14(13(3)12(11)2)17-15(10-18)20-9-5-4-6-16(20)19-17/h7-8H,4-6,9-10,18H2,1-3H3. The van der Waals surface area contributed by atoms with E-state index in [1.807, 2.05) is 0 Å². The predicted molar refractivity (Wildman–Crippen MR) is 82.7 cm³/mol. The van der Waals surface area contributed by atoms with Crippen LogP contribution in [0, 0.1) is 20.8 Å². The Bertz CT molecular complexity index is 653. The van der Waals surface area contributed by atoms with Crippen molar-refractivity contribution in [1.29, 1.82) is 0 Å². The Balaban J connectivity index is 2.20. The number of hydrogen-bond donors (Lipinski definition) is 1. The molecule has 106 valence electrons. The molecule has 0 saturated heterocycles. The number of imidazole rings is 1. The first-order chi connectivity index (χ1) is 9.63. The van der Waals surface area contributed by atoms with Gasteiger partial charge in [0, 0.05) is 25.1 Å². The largest absolute Gasteiger partial charge is 0.330 e. The van der Waals surface area contributed by atoms with E-state index in [1.54, 1.807) is 0 Å². The van der Waals surface area contributed by atoms with Crippen molar-refractivity contribution in [2.75, 3.05) is 0 Å². The van der Waals surface area contributed by atoms with Gasteiger partial charge in [0.25, 0.3) is 0 Å². The second-order valence-electron chi connectivity index (χ2n) is 5.82. The minimum atomic E-state index is 0.564. The Labute approximate surface area is 120 Å². The lowest BCUT2D eigenvalue weighted by atomic mass is 9.96. The molecule has 1 aliphatic heterocycles. The lowest BCUT2D eigenvalue weighted by molar-refractivity contribution is 0.508. The molecule has 3 heteroatoms. The minimum absolute atomic E-state index is 0.564. The number of aromatic nitrogens is 2. The molecule has 0 aliphatic carbocycles. The Kier molecular flexibility index (Phi) is 3.38. The van der Waals surface area contributed by atoms with Gasteiger partial charge in [-0.1, -0.05) is 12.1 Å². The van der Waals surface area contributed by atoms with Gasteiger partial charge in [0.1, 0.15) is 5.82 Å². The third-order valence-corrected chi connectivity index (χ3v) is 4.69. The van der Waals surface area contributed by atoms with E-state index >= 15 is 0 Å². The number of rotatable bonds is 2. The van der Waals surface area contributed by atoms with E-state index < -0.39 is 0 Å². The molecule has 20 heavy (non-hydrogen) atoms. The summed E-state index contributed by atoms with van der Waals surface area (Å²) in [5.74, 6) is 1.21. The van der Waals surface area contributed by atoms with Crippen LogP contribution in [0.4, 0.5) is 0 Å². The van der Waals surface area contributed by atoms with Gasteiger partial charge in [-0.15, -0.1) is 0 Å². The fraction of sp³-hybridized carbons (Fsp3) is 0.471. The monoisotopic (exact) mass is 269 g/mol. The normalized spacial score (nSPS) is 14.4. The first-order valence-electron chi connectivity index (χ1n) is 7.49. The number of aryl methyl sites for hydroxylation is 2. The van der Waals surface area contributed by atoms with Crippen molar-refractivity contribution < 1.29 is 0 Å². The van der Waals surface area contributed by atoms with Gasteiger partial charge in [-0.3, -0.25) is 0 Å². The zero-order valence-corrected chi connectivity index (χ0v) is 12.7. The van der Waals surface area contributed by atoms with Gasteiger partial charge in [-0.2, -0.15) is 0 Å². The quantitative estimate of drug-likeness (QED) is 0.909. The van der Waals surface area contributed by atoms with Crippen molar-refractivity contribution in [3.63, 3.8) is 0 Å². The highest BCUT2D eigenvalue weighted by Gasteiger charge is 2.21. The summed E-state index contributed by atoms with van der Waals surface area (Å²) in [4.78, 5) is 4.91. The van der Waals surface area contributed by atoms with Crippen LogP contribution in [0.2, 0.25) is 0 Å². The van der Waals surface area contributed by atoms with E-state index in [0.29, 0.717) is 6.54 Å². The molecule has 1 aliphatic rings. The molecule has 0 fully saturated rings. The van der Waals surface area contributed by atoms with Gasteiger partial charge in [0.15, 0.2) is 0 Å². The van der Waals surface area contributed by atoms with Crippen LogP contribution in [0.1, 0.15) is 41.1 Å². The van der Waals surface area contributed by atoms with Crippen LogP contribution in [0.3, 0.4) is 0 Å². The highest BCUT2D eigenvalue weighted by Crippen LogP contribution is 2.31. The third kappa shape index (κ3) is 1.97. The lowest BCUT2D eigenvalue weighted by Gasteiger charge is -2.16. The average Bonchev–Trinajstić information content (AvgIpc) is 2.83. The zero-order chi connectivity index (χ0) is 14.3. The van der Waals surface area contributed by atoms with Gasteiger partial charge < -0.3 is 10.3 Å². The molecule has 3 nitrogen and oxygen atoms in total. The van der Waals surface area contributed by atoms with Crippen LogP contribution in [0.15, 0.2) is 12.1 Å². The number of nitrogens with zero attached hydrogens (tertiary/aromatic N) is 2. The van der Waals surface area contributed by atoms with Crippen molar-refractivity contribution in [1.82, 2.24) is 9.55 Å². The summed E-state index contributed by atoms with van der Waals surface area (Å²) in [5.41, 5.74) is 13.6. The maximum Gasteiger partial charge on any atom is 0.109 e. The molecule has 1 aromatic carbocycles. The molecule has 0 saturated carbocycles. The molecule has 2 aromatic rings. The summed E-state index contributed by atoms with van der Waals surface area (Å²) >= 11 is 0. The molecule has 0 radical (unpaired) electrons. The highest BCUT2D eigenvalue weighted by molar-refractivity contribution is 5.68. The Morgan fingerprint density at radius 2 is 1.95 bits per heavy atom. The zero-order valence-electron chi connectivity index (χ0n) is 12.7. The average molecular weight is 269 g/mol. The van der Waals surface area contributed by atoms with E-state index in [-0.39, 0.29) is 0 Å². The molecule has 3 rings (SSSR count). The molecule has 1 aromatic heterocycles. The van der Waals surface area contributed by atoms with Crippen molar-refractivity contribution in [2.45, 2.75) is 53.1 Å². The Hall–Kier alpha value is -1.61. The molecular formula is C17H23N3. The Morgan fingerprint density at radius 3 is 2.70 bits per heavy atom. The Morgan fingerprint density at radius 1 is 1.15 bits per heavy atom. The first-order valence-corrected chi connectivity index (χ1v) is 7.49. The molecule has 0 bridgehead atoms. The van der Waals surface area contributed by atoms with Gasteiger partial charge >= 0.3 is 0 Å². The second kappa shape index (κ2) is 5.06. The minimum Gasteiger partial charge on any atom is -0.330 e. The molecule has 0 atom stereocenters. The molecule has 0 amide bonds. The van der Waals surface area contributed by atoms with Gasteiger partial charge in [0.05, 0.1) is 11.4 Å². The van der Waals surface area contributed by atoms with Crippen molar-refractivity contribution in [3.05, 3.63) is 40.3 Å². The summed E-state index contributed by atoms with van der Waals surface area (Å²) in [6.45, 7) is 8.17. The van der Waals surface area contributed by atoms with Crippen LogP contribution in [0.25, 0.3) is 11.3 Å². The van der Waals surface area contributed by atoms with Gasteiger partial charge in [0.2, 0.25) is 0 Å². The summed E-state index contributed by atoms with van der Waals surface area (Å²) in [6.07, 6.45) is 3.56. The van der Waals surface area contributed by atoms with Crippen molar-refractivity contribution in [3.8, 4) is 11.3 Å². The first kappa shape index (κ1) is 13.4. The SMILES string of the molecule is Cc1ccc(-c2nc3n(c2CN)CCCC3)c(C)c1C. The van der Waals surface area contributed by atoms with E-state index in [2.05, 4.69) is 37.5 Å². The maximum atomic E-state index is 6.01. The molecule has 2 heterocycles. The third-order valence-electron chi connectivity index (χ3n) is 4.69. The van der Waals surface area contributed by atoms with E-state index in [0.717, 1.165) is 18.7 Å². The number of benzene rings is 1. The topological polar surface area (TPSA) is 43.8 Å². The maximum absolute atomic E-state index is 6.01. The summed E-state index contributed by atoms with van der Waals surface area (Å²) in [6, 6.07) is 4.39. The summed E-state index contributed by atoms with van der Waals surface area (Å²) < 4.78 is 2.34. The van der Waals surface area contributed by atoms with Gasteiger partial charge in [-0.05, 0) is 50.3 Å². The van der Waals surface area contributed by atoms with E-state index in [4.69, 9.17) is 10.7 Å². The molecular weight excluding hydrogens is 246 g/mol. The van der Waals surface area contributed by atoms with E-state index in [1.165, 1.54) is 46.6 Å². The molecule has 0 spiro atoms. The lowest BCUT2D eigenvalue weighted by Crippen LogP contribution is -2.15. The number of hydrogen-bond acceptors (Lipinski definition) is 2. The van der Waals surface area contributed by atoms with Crippen LogP contribution < -0.4 is 5.73 Å². The highest BCUT2D eigenvalue weighted by atomic mass is 15.1. The molecule has 0 unspecified atom stereocenters. The second-order valence-corrected chi connectivity index (χ2v) is 5.82. The van der Waals surface area contributed by atoms with E-state index in [9.17, 15) is 0 Å². The van der Waals surface area contributed by atoms with Crippen molar-refractivity contribution >= 4 is 0 Å². The van der Waals surface area contributed by atoms with Gasteiger partial charge in [-0.25, -0.2) is 4.98 Å². The van der Waals surface area contributed by atoms with Crippen LogP contribution in [-0.2, 0) is 19.5 Å². The van der Waals surface area contributed by atoms with Crippen LogP contribution in [-0.4, -0.2) is 9.55 Å². The smallest absolute Gasteiger partial charge is 0.109 e. The summed E-state index contributed by atoms with van der Waals surface area (Å²) in [7, 11) is 0. The van der Waals surface area contributed by atoms with Crippen molar-refractivity contribution in [2.24, 2.45) is 5.73 Å². The number of fused-ring (bicyclic) bond motifs is 1. The predicted octanol–water partition coefficient (Wildman–Crippen LogP) is 3.27. The molecule has 2 N–H and O–H groups in total. The van der Waals surface area contributed by atoms with Crippen LogP contribution >= 0.6 is 0 Å². The fourth-order valence-electron chi connectivity index (χ4n) is 3.18.